The monoisotopic (exact) mass is 156 g/mol. The molecule has 0 saturated heterocycles. The normalized spacial score (nSPS) is 10.9. The number of quaternary nitrogens is 1. The topological polar surface area (TPSA) is 27.6 Å². The summed E-state index contributed by atoms with van der Waals surface area (Å²) in [5.74, 6) is 0.631. The van der Waals surface area contributed by atoms with Gasteiger partial charge in [0.2, 0.25) is 0 Å². The number of rotatable bonds is 1. The number of thiophene rings is 1. The average Bonchev–Trinajstić information content (AvgIpc) is 2.10. The van der Waals surface area contributed by atoms with Crippen LogP contribution in [0.15, 0.2) is 6.07 Å². The number of hydrogen-bond acceptors (Lipinski definition) is 1. The Bertz CT molecular complexity index is 225. The maximum atomic E-state index is 3.97. The van der Waals surface area contributed by atoms with E-state index >= 15 is 0 Å². The van der Waals surface area contributed by atoms with Crippen molar-refractivity contribution >= 4 is 17.0 Å². The highest BCUT2D eigenvalue weighted by molar-refractivity contribution is 7.12. The molecule has 0 spiro atoms. The quantitative estimate of drug-likeness (QED) is 0.644. The summed E-state index contributed by atoms with van der Waals surface area (Å²) in [5, 5.41) is 0. The summed E-state index contributed by atoms with van der Waals surface area (Å²) in [4.78, 5) is 2.80. The third-order valence-corrected chi connectivity index (χ3v) is 2.88. The minimum Gasteiger partial charge on any atom is -0.324 e. The van der Waals surface area contributed by atoms with Crippen LogP contribution in [0, 0.1) is 6.92 Å². The largest absolute Gasteiger partial charge is 0.324 e. The van der Waals surface area contributed by atoms with Crippen molar-refractivity contribution in [2.45, 2.75) is 26.7 Å². The van der Waals surface area contributed by atoms with Crippen LogP contribution in [0.1, 0.15) is 29.5 Å². The van der Waals surface area contributed by atoms with Crippen molar-refractivity contribution in [1.29, 1.82) is 0 Å². The first-order valence-corrected chi connectivity index (χ1v) is 4.35. The standard InChI is InChI=1S/C8H13NS/c1-5(2)8-7(9)4-6(3)10-8/h4-5H,9H2,1-3H3/p+1. The Balaban J connectivity index is 3.03. The fourth-order valence-corrected chi connectivity index (χ4v) is 2.05. The first-order chi connectivity index (χ1) is 4.61. The molecule has 0 amide bonds. The molecular weight excluding hydrogens is 142 g/mol. The first kappa shape index (κ1) is 7.76. The molecule has 56 valence electrons. The second-order valence-corrected chi connectivity index (χ2v) is 4.19. The van der Waals surface area contributed by atoms with Gasteiger partial charge < -0.3 is 5.73 Å². The van der Waals surface area contributed by atoms with E-state index in [1.807, 2.05) is 11.3 Å². The zero-order valence-corrected chi connectivity index (χ0v) is 7.59. The minimum absolute atomic E-state index is 0.631. The maximum Gasteiger partial charge on any atom is 0.142 e. The van der Waals surface area contributed by atoms with Crippen molar-refractivity contribution in [2.75, 3.05) is 0 Å². The molecule has 1 rings (SSSR count). The van der Waals surface area contributed by atoms with Crippen LogP contribution in [0.2, 0.25) is 0 Å². The molecule has 0 bridgehead atoms. The Morgan fingerprint density at radius 2 is 2.10 bits per heavy atom. The molecule has 1 nitrogen and oxygen atoms in total. The van der Waals surface area contributed by atoms with E-state index < -0.39 is 0 Å². The van der Waals surface area contributed by atoms with Gasteiger partial charge in [0.05, 0.1) is 4.88 Å². The van der Waals surface area contributed by atoms with E-state index in [2.05, 4.69) is 32.6 Å². The molecule has 0 aliphatic heterocycles. The van der Waals surface area contributed by atoms with Crippen molar-refractivity contribution in [3.8, 4) is 0 Å². The fourth-order valence-electron chi connectivity index (χ4n) is 1.07. The second-order valence-electron chi connectivity index (χ2n) is 2.90. The highest BCUT2D eigenvalue weighted by atomic mass is 32.1. The Hall–Kier alpha value is -0.340. The van der Waals surface area contributed by atoms with Gasteiger partial charge in [0, 0.05) is 10.9 Å². The molecule has 0 aliphatic carbocycles. The van der Waals surface area contributed by atoms with Gasteiger partial charge >= 0.3 is 0 Å². The fraction of sp³-hybridized carbons (Fsp3) is 0.500. The Kier molecular flexibility index (Phi) is 2.11. The Morgan fingerprint density at radius 3 is 2.30 bits per heavy atom. The lowest BCUT2D eigenvalue weighted by Crippen LogP contribution is -2.40. The van der Waals surface area contributed by atoms with Gasteiger partial charge in [-0.1, -0.05) is 13.8 Å². The highest BCUT2D eigenvalue weighted by Gasteiger charge is 2.09. The van der Waals surface area contributed by atoms with Gasteiger partial charge in [0.1, 0.15) is 5.69 Å². The van der Waals surface area contributed by atoms with Crippen molar-refractivity contribution in [1.82, 2.24) is 0 Å². The van der Waals surface area contributed by atoms with E-state index in [0.29, 0.717) is 5.92 Å². The number of hydrogen-bond donors (Lipinski definition) is 1. The first-order valence-electron chi connectivity index (χ1n) is 3.53. The molecule has 0 fully saturated rings. The summed E-state index contributed by atoms with van der Waals surface area (Å²) in [7, 11) is 0. The SMILES string of the molecule is Cc1cc([NH3+])c(C(C)C)s1. The zero-order chi connectivity index (χ0) is 7.72. The summed E-state index contributed by atoms with van der Waals surface area (Å²) >= 11 is 1.86. The van der Waals surface area contributed by atoms with Crippen molar-refractivity contribution in [3.05, 3.63) is 15.8 Å². The van der Waals surface area contributed by atoms with Crippen LogP contribution in [0.25, 0.3) is 0 Å². The summed E-state index contributed by atoms with van der Waals surface area (Å²) in [6.07, 6.45) is 0. The van der Waals surface area contributed by atoms with E-state index in [-0.39, 0.29) is 0 Å². The Morgan fingerprint density at radius 1 is 1.50 bits per heavy atom. The van der Waals surface area contributed by atoms with E-state index in [4.69, 9.17) is 0 Å². The molecule has 1 aromatic heterocycles. The second kappa shape index (κ2) is 2.72. The van der Waals surface area contributed by atoms with Gasteiger partial charge in [0.25, 0.3) is 0 Å². The predicted octanol–water partition coefficient (Wildman–Crippen LogP) is 2.05. The molecule has 0 saturated carbocycles. The minimum atomic E-state index is 0.631. The molecule has 1 aromatic rings. The van der Waals surface area contributed by atoms with Crippen LogP contribution in [0.3, 0.4) is 0 Å². The van der Waals surface area contributed by atoms with Crippen molar-refractivity contribution in [2.24, 2.45) is 0 Å². The zero-order valence-electron chi connectivity index (χ0n) is 6.77. The van der Waals surface area contributed by atoms with Gasteiger partial charge in [-0.25, -0.2) is 0 Å². The highest BCUT2D eigenvalue weighted by Crippen LogP contribution is 2.29. The predicted molar refractivity (Wildman–Crippen MR) is 45.7 cm³/mol. The van der Waals surface area contributed by atoms with E-state index in [0.717, 1.165) is 0 Å². The molecule has 0 aromatic carbocycles. The summed E-state index contributed by atoms with van der Waals surface area (Å²) in [6.45, 7) is 6.55. The Labute approximate surface area is 65.9 Å². The van der Waals surface area contributed by atoms with E-state index in [1.54, 1.807) is 0 Å². The van der Waals surface area contributed by atoms with Crippen LogP contribution in [0.4, 0.5) is 5.69 Å². The van der Waals surface area contributed by atoms with Crippen molar-refractivity contribution in [3.63, 3.8) is 0 Å². The number of aryl methyl sites for hydroxylation is 1. The van der Waals surface area contributed by atoms with Crippen LogP contribution in [-0.2, 0) is 0 Å². The molecule has 0 aliphatic rings. The summed E-state index contributed by atoms with van der Waals surface area (Å²) in [5.41, 5.74) is 5.18. The van der Waals surface area contributed by atoms with Gasteiger partial charge in [-0.15, -0.1) is 11.3 Å². The molecule has 2 heteroatoms. The average molecular weight is 156 g/mol. The summed E-state index contributed by atoms with van der Waals surface area (Å²) < 4.78 is 0. The van der Waals surface area contributed by atoms with Gasteiger partial charge in [0.15, 0.2) is 0 Å². The lowest BCUT2D eigenvalue weighted by Gasteiger charge is -1.97. The third kappa shape index (κ3) is 1.39. The van der Waals surface area contributed by atoms with E-state index in [1.165, 1.54) is 15.4 Å². The van der Waals surface area contributed by atoms with Crippen molar-refractivity contribution < 1.29 is 5.73 Å². The smallest absolute Gasteiger partial charge is 0.142 e. The van der Waals surface area contributed by atoms with Gasteiger partial charge in [-0.05, 0) is 12.8 Å². The van der Waals surface area contributed by atoms with Crippen LogP contribution in [0.5, 0.6) is 0 Å². The maximum absolute atomic E-state index is 3.97. The van der Waals surface area contributed by atoms with Gasteiger partial charge in [-0.3, -0.25) is 0 Å². The van der Waals surface area contributed by atoms with Crippen LogP contribution < -0.4 is 5.73 Å². The van der Waals surface area contributed by atoms with Crippen LogP contribution >= 0.6 is 11.3 Å². The molecule has 0 atom stereocenters. The van der Waals surface area contributed by atoms with Gasteiger partial charge in [-0.2, -0.15) is 0 Å². The molecule has 0 radical (unpaired) electrons. The van der Waals surface area contributed by atoms with Crippen LogP contribution in [-0.4, -0.2) is 0 Å². The lowest BCUT2D eigenvalue weighted by molar-refractivity contribution is -0.255. The molecule has 10 heavy (non-hydrogen) atoms. The molecule has 3 N–H and O–H groups in total. The molecule has 1 heterocycles. The van der Waals surface area contributed by atoms with E-state index in [9.17, 15) is 0 Å². The summed E-state index contributed by atoms with van der Waals surface area (Å²) in [6, 6.07) is 2.15. The third-order valence-electron chi connectivity index (χ3n) is 1.49. The lowest BCUT2D eigenvalue weighted by atomic mass is 10.1. The molecular formula is C8H14NS+. The molecule has 0 unspecified atom stereocenters.